The van der Waals surface area contributed by atoms with Crippen LogP contribution in [0.15, 0.2) is 34.7 Å². The molecule has 1 heterocycles. The van der Waals surface area contributed by atoms with Gasteiger partial charge in [0.25, 0.3) is 0 Å². The number of hydrogen-bond donors (Lipinski definition) is 1. The predicted molar refractivity (Wildman–Crippen MR) is 103 cm³/mol. The van der Waals surface area contributed by atoms with Gasteiger partial charge in [0.1, 0.15) is 11.5 Å². The molecule has 1 amide bonds. The van der Waals surface area contributed by atoms with Gasteiger partial charge in [-0.25, -0.2) is 0 Å². The van der Waals surface area contributed by atoms with E-state index in [0.29, 0.717) is 37.1 Å². The molecule has 1 saturated carbocycles. The highest BCUT2D eigenvalue weighted by atomic mass is 16.5. The second-order valence-electron chi connectivity index (χ2n) is 7.26. The summed E-state index contributed by atoms with van der Waals surface area (Å²) in [6, 6.07) is 9.69. The molecule has 1 aliphatic rings. The minimum absolute atomic E-state index is 0.0325. The van der Waals surface area contributed by atoms with Crippen molar-refractivity contribution in [1.82, 2.24) is 10.2 Å². The predicted octanol–water partition coefficient (Wildman–Crippen LogP) is 3.17. The fourth-order valence-electron chi connectivity index (χ4n) is 3.21. The summed E-state index contributed by atoms with van der Waals surface area (Å²) < 4.78 is 16.4. The number of methoxy groups -OCH3 is 2. The second kappa shape index (κ2) is 8.48. The first-order valence-electron chi connectivity index (χ1n) is 9.25. The van der Waals surface area contributed by atoms with E-state index in [9.17, 15) is 4.79 Å². The van der Waals surface area contributed by atoms with Crippen molar-refractivity contribution >= 4 is 5.91 Å². The molecule has 1 aromatic carbocycles. The first-order chi connectivity index (χ1) is 13.0. The van der Waals surface area contributed by atoms with E-state index in [2.05, 4.69) is 18.3 Å². The number of benzene rings is 1. The zero-order chi connectivity index (χ0) is 19.4. The fraction of sp³-hybridized carbons (Fsp3) is 0.476. The maximum absolute atomic E-state index is 12.2. The Morgan fingerprint density at radius 3 is 2.63 bits per heavy atom. The second-order valence-corrected chi connectivity index (χ2v) is 7.26. The molecule has 3 rings (SSSR count). The van der Waals surface area contributed by atoms with Crippen molar-refractivity contribution in [2.45, 2.75) is 32.4 Å². The Labute approximate surface area is 160 Å². The number of nitrogens with zero attached hydrogens (tertiary/aromatic N) is 1. The van der Waals surface area contributed by atoms with Crippen molar-refractivity contribution < 1.29 is 18.7 Å². The van der Waals surface area contributed by atoms with Crippen LogP contribution < -0.4 is 14.8 Å². The normalized spacial score (nSPS) is 18.4. The molecule has 2 atom stereocenters. The Morgan fingerprint density at radius 1 is 1.22 bits per heavy atom. The summed E-state index contributed by atoms with van der Waals surface area (Å²) in [6.07, 6.45) is 1.21. The third kappa shape index (κ3) is 5.04. The van der Waals surface area contributed by atoms with Gasteiger partial charge in [-0.05, 0) is 49.2 Å². The first-order valence-corrected chi connectivity index (χ1v) is 9.25. The lowest BCUT2D eigenvalue weighted by atomic mass is 10.2. The average Bonchev–Trinajstić information content (AvgIpc) is 3.21. The van der Waals surface area contributed by atoms with Crippen molar-refractivity contribution in [1.29, 1.82) is 0 Å². The van der Waals surface area contributed by atoms with Crippen LogP contribution in [0.4, 0.5) is 0 Å². The van der Waals surface area contributed by atoms with Gasteiger partial charge < -0.3 is 19.2 Å². The van der Waals surface area contributed by atoms with Crippen LogP contribution in [-0.2, 0) is 17.9 Å². The van der Waals surface area contributed by atoms with Crippen LogP contribution in [0.2, 0.25) is 0 Å². The van der Waals surface area contributed by atoms with Crippen LogP contribution in [0.1, 0.15) is 36.3 Å². The van der Waals surface area contributed by atoms with E-state index in [-0.39, 0.29) is 5.91 Å². The summed E-state index contributed by atoms with van der Waals surface area (Å²) in [5.41, 5.74) is 0.956. The van der Waals surface area contributed by atoms with Gasteiger partial charge in [0, 0.05) is 12.5 Å². The number of amides is 1. The topological polar surface area (TPSA) is 63.9 Å². The monoisotopic (exact) mass is 372 g/mol. The third-order valence-corrected chi connectivity index (χ3v) is 4.93. The van der Waals surface area contributed by atoms with E-state index in [1.807, 2.05) is 36.2 Å². The van der Waals surface area contributed by atoms with E-state index in [4.69, 9.17) is 13.9 Å². The number of carbonyl (C=O) groups is 1. The number of furan rings is 1. The number of ether oxygens (including phenoxy) is 2. The lowest BCUT2D eigenvalue weighted by Gasteiger charge is -2.15. The van der Waals surface area contributed by atoms with E-state index >= 15 is 0 Å². The largest absolute Gasteiger partial charge is 0.493 e. The van der Waals surface area contributed by atoms with Gasteiger partial charge in [0.05, 0.1) is 27.3 Å². The molecule has 0 bridgehead atoms. The van der Waals surface area contributed by atoms with Gasteiger partial charge in [-0.2, -0.15) is 0 Å². The Morgan fingerprint density at radius 2 is 1.96 bits per heavy atom. The molecule has 1 fully saturated rings. The molecule has 6 nitrogen and oxygen atoms in total. The van der Waals surface area contributed by atoms with E-state index < -0.39 is 0 Å². The van der Waals surface area contributed by atoms with Gasteiger partial charge >= 0.3 is 0 Å². The highest BCUT2D eigenvalue weighted by Crippen LogP contribution is 2.47. The summed E-state index contributed by atoms with van der Waals surface area (Å²) in [4.78, 5) is 14.2. The van der Waals surface area contributed by atoms with Crippen molar-refractivity contribution in [3.63, 3.8) is 0 Å². The number of nitrogens with one attached hydrogen (secondary N) is 1. The summed E-state index contributed by atoms with van der Waals surface area (Å²) in [5.74, 6) is 4.57. The molecule has 1 aromatic heterocycles. The minimum atomic E-state index is -0.0325. The molecule has 1 aliphatic carbocycles. The molecule has 1 N–H and O–H groups in total. The molecule has 0 aliphatic heterocycles. The average molecular weight is 372 g/mol. The highest BCUT2D eigenvalue weighted by molar-refractivity contribution is 5.78. The highest BCUT2D eigenvalue weighted by Gasteiger charge is 2.36. The van der Waals surface area contributed by atoms with Gasteiger partial charge in [0.2, 0.25) is 5.91 Å². The minimum Gasteiger partial charge on any atom is -0.493 e. The molecular formula is C21H28N2O4. The number of carbonyl (C=O) groups excluding carboxylic acids is 1. The molecule has 27 heavy (non-hydrogen) atoms. The summed E-state index contributed by atoms with van der Waals surface area (Å²) in [6.45, 7) is 3.60. The third-order valence-electron chi connectivity index (χ3n) is 4.93. The number of hydrogen-bond acceptors (Lipinski definition) is 5. The molecular weight excluding hydrogens is 344 g/mol. The van der Waals surface area contributed by atoms with Crippen LogP contribution in [0.3, 0.4) is 0 Å². The van der Waals surface area contributed by atoms with Crippen molar-refractivity contribution in [3.8, 4) is 11.5 Å². The molecule has 146 valence electrons. The van der Waals surface area contributed by atoms with Crippen LogP contribution in [0.5, 0.6) is 11.5 Å². The Kier molecular flexibility index (Phi) is 6.06. The molecule has 2 aromatic rings. The quantitative estimate of drug-likeness (QED) is 0.732. The van der Waals surface area contributed by atoms with Gasteiger partial charge in [0.15, 0.2) is 11.5 Å². The smallest absolute Gasteiger partial charge is 0.234 e. The van der Waals surface area contributed by atoms with Crippen LogP contribution >= 0.6 is 0 Å². The number of likely N-dealkylation sites (N-methyl/N-ethyl adjacent to an activating group) is 1. The molecule has 6 heteroatoms. The molecule has 0 saturated heterocycles. The molecule has 0 radical (unpaired) electrons. The fourth-order valence-corrected chi connectivity index (χ4v) is 3.21. The molecule has 0 spiro atoms. The van der Waals surface area contributed by atoms with Crippen LogP contribution in [-0.4, -0.2) is 38.6 Å². The van der Waals surface area contributed by atoms with Crippen molar-refractivity contribution in [2.75, 3.05) is 27.8 Å². The Bertz CT molecular complexity index is 786. The van der Waals surface area contributed by atoms with Crippen molar-refractivity contribution in [3.05, 3.63) is 47.4 Å². The van der Waals surface area contributed by atoms with Crippen molar-refractivity contribution in [2.24, 2.45) is 5.92 Å². The standard InChI is InChI=1S/C21H28N2O4/c1-14-9-17(14)18-8-6-16(27-18)12-23(2)13-21(24)22-11-15-5-7-19(25-3)20(10-15)26-4/h5-8,10,14,17H,9,11-13H2,1-4H3,(H,22,24)/t14-,17-/m1/s1. The van der Waals surface area contributed by atoms with Gasteiger partial charge in [-0.1, -0.05) is 13.0 Å². The Balaban J connectivity index is 1.45. The van der Waals surface area contributed by atoms with Crippen LogP contribution in [0, 0.1) is 5.92 Å². The first kappa shape index (κ1) is 19.3. The zero-order valence-corrected chi connectivity index (χ0v) is 16.5. The summed E-state index contributed by atoms with van der Waals surface area (Å²) in [5, 5.41) is 2.94. The maximum atomic E-state index is 12.2. The Hall–Kier alpha value is -2.47. The lowest BCUT2D eigenvalue weighted by molar-refractivity contribution is -0.122. The SMILES string of the molecule is COc1ccc(CNC(=O)CN(C)Cc2ccc([C@@H]3C[C@H]3C)o2)cc1OC. The van der Waals surface area contributed by atoms with Gasteiger partial charge in [-0.3, -0.25) is 9.69 Å². The lowest BCUT2D eigenvalue weighted by Crippen LogP contribution is -2.34. The van der Waals surface area contributed by atoms with E-state index in [0.717, 1.165) is 23.0 Å². The summed E-state index contributed by atoms with van der Waals surface area (Å²) in [7, 11) is 5.11. The zero-order valence-electron chi connectivity index (χ0n) is 16.5. The summed E-state index contributed by atoms with van der Waals surface area (Å²) >= 11 is 0. The van der Waals surface area contributed by atoms with E-state index in [1.54, 1.807) is 14.2 Å². The molecule has 0 unspecified atom stereocenters. The van der Waals surface area contributed by atoms with Crippen LogP contribution in [0.25, 0.3) is 0 Å². The maximum Gasteiger partial charge on any atom is 0.234 e. The van der Waals surface area contributed by atoms with E-state index in [1.165, 1.54) is 6.42 Å². The van der Waals surface area contributed by atoms with Gasteiger partial charge in [-0.15, -0.1) is 0 Å². The number of rotatable bonds is 9.